The fourth-order valence-electron chi connectivity index (χ4n) is 3.66. The van der Waals surface area contributed by atoms with E-state index >= 15 is 0 Å². The second-order valence-electron chi connectivity index (χ2n) is 8.11. The van der Waals surface area contributed by atoms with Gasteiger partial charge in [-0.05, 0) is 57.9 Å². The standard InChI is InChI=1S/C18H32N4O2S.ClH/c1-13(2)12-22-15(4)18(14(3)20-22)25(23,24)21-9-7-17(8-10-21)19-11-16-5-6-16;/h13,16-17,19H,5-12H2,1-4H3;1H. The molecule has 2 heterocycles. The molecule has 0 spiro atoms. The Morgan fingerprint density at radius 2 is 1.77 bits per heavy atom. The third-order valence-electron chi connectivity index (χ3n) is 5.30. The Morgan fingerprint density at radius 3 is 2.31 bits per heavy atom. The van der Waals surface area contributed by atoms with Crippen molar-refractivity contribution in [2.45, 2.75) is 70.9 Å². The number of halogens is 1. The maximum absolute atomic E-state index is 13.2. The molecule has 26 heavy (non-hydrogen) atoms. The van der Waals surface area contributed by atoms with Crippen molar-refractivity contribution in [3.05, 3.63) is 11.4 Å². The van der Waals surface area contributed by atoms with E-state index < -0.39 is 10.0 Å². The molecule has 1 saturated carbocycles. The third kappa shape index (κ3) is 4.80. The number of nitrogens with one attached hydrogen (secondary N) is 1. The van der Waals surface area contributed by atoms with Gasteiger partial charge in [-0.2, -0.15) is 9.40 Å². The number of nitrogens with zero attached hydrogens (tertiary/aromatic N) is 3. The van der Waals surface area contributed by atoms with E-state index in [2.05, 4.69) is 24.3 Å². The van der Waals surface area contributed by atoms with E-state index in [0.717, 1.165) is 37.5 Å². The Morgan fingerprint density at radius 1 is 1.15 bits per heavy atom. The average Bonchev–Trinajstić information content (AvgIpc) is 3.32. The summed E-state index contributed by atoms with van der Waals surface area (Å²) in [7, 11) is -3.46. The topological polar surface area (TPSA) is 67.2 Å². The summed E-state index contributed by atoms with van der Waals surface area (Å²) in [6.45, 7) is 10.9. The van der Waals surface area contributed by atoms with Gasteiger partial charge in [0.25, 0.3) is 0 Å². The molecule has 8 heteroatoms. The predicted molar refractivity (Wildman–Crippen MR) is 106 cm³/mol. The van der Waals surface area contributed by atoms with Crippen LogP contribution in [0.4, 0.5) is 0 Å². The van der Waals surface area contributed by atoms with E-state index in [4.69, 9.17) is 0 Å². The first-order chi connectivity index (χ1) is 11.8. The van der Waals surface area contributed by atoms with Crippen LogP contribution in [0.2, 0.25) is 0 Å². The summed E-state index contributed by atoms with van der Waals surface area (Å²) in [5, 5.41) is 8.09. The number of hydrogen-bond donors (Lipinski definition) is 1. The molecule has 1 aliphatic carbocycles. The summed E-state index contributed by atoms with van der Waals surface area (Å²) in [6, 6.07) is 0.456. The van der Waals surface area contributed by atoms with E-state index in [1.165, 1.54) is 12.8 Å². The van der Waals surface area contributed by atoms with Crippen molar-refractivity contribution in [1.29, 1.82) is 0 Å². The van der Waals surface area contributed by atoms with Crippen LogP contribution in [0.25, 0.3) is 0 Å². The number of sulfonamides is 1. The minimum absolute atomic E-state index is 0. The molecule has 1 saturated heterocycles. The molecule has 0 unspecified atom stereocenters. The van der Waals surface area contributed by atoms with Gasteiger partial charge in [-0.25, -0.2) is 8.42 Å². The molecule has 0 aromatic carbocycles. The minimum Gasteiger partial charge on any atom is -0.314 e. The number of hydrogen-bond acceptors (Lipinski definition) is 4. The van der Waals surface area contributed by atoms with Crippen LogP contribution < -0.4 is 5.32 Å². The highest BCUT2D eigenvalue weighted by Gasteiger charge is 2.34. The first-order valence-electron chi connectivity index (χ1n) is 9.56. The number of aryl methyl sites for hydroxylation is 1. The SMILES string of the molecule is Cc1nn(CC(C)C)c(C)c1S(=O)(=O)N1CCC(NCC2CC2)CC1.Cl. The molecule has 0 atom stereocenters. The molecule has 2 aliphatic rings. The van der Waals surface area contributed by atoms with Crippen molar-refractivity contribution >= 4 is 22.4 Å². The maximum atomic E-state index is 13.2. The highest BCUT2D eigenvalue weighted by molar-refractivity contribution is 7.89. The molecule has 3 rings (SSSR count). The molecular weight excluding hydrogens is 372 g/mol. The van der Waals surface area contributed by atoms with Crippen molar-refractivity contribution in [1.82, 2.24) is 19.4 Å². The van der Waals surface area contributed by atoms with E-state index in [-0.39, 0.29) is 12.4 Å². The number of piperidine rings is 1. The Bertz CT molecular complexity index is 705. The first-order valence-corrected chi connectivity index (χ1v) is 11.0. The average molecular weight is 405 g/mol. The van der Waals surface area contributed by atoms with E-state index in [0.29, 0.717) is 35.6 Å². The molecule has 6 nitrogen and oxygen atoms in total. The van der Waals surface area contributed by atoms with Crippen LogP contribution in [0.1, 0.15) is 50.9 Å². The fourth-order valence-corrected chi connectivity index (χ4v) is 5.50. The van der Waals surface area contributed by atoms with Gasteiger partial charge in [0, 0.05) is 25.7 Å². The van der Waals surface area contributed by atoms with E-state index in [9.17, 15) is 8.42 Å². The second-order valence-corrected chi connectivity index (χ2v) is 9.98. The molecule has 0 radical (unpaired) electrons. The van der Waals surface area contributed by atoms with Gasteiger partial charge in [0.15, 0.2) is 0 Å². The van der Waals surface area contributed by atoms with Crippen LogP contribution in [0.5, 0.6) is 0 Å². The molecule has 1 N–H and O–H groups in total. The van der Waals surface area contributed by atoms with E-state index in [1.807, 2.05) is 11.6 Å². The van der Waals surface area contributed by atoms with Gasteiger partial charge in [-0.1, -0.05) is 13.8 Å². The second kappa shape index (κ2) is 8.59. The largest absolute Gasteiger partial charge is 0.314 e. The highest BCUT2D eigenvalue weighted by atomic mass is 35.5. The van der Waals surface area contributed by atoms with Crippen LogP contribution in [-0.2, 0) is 16.6 Å². The molecule has 0 amide bonds. The summed E-state index contributed by atoms with van der Waals surface area (Å²) in [6.07, 6.45) is 4.48. The minimum atomic E-state index is -3.46. The monoisotopic (exact) mass is 404 g/mol. The smallest absolute Gasteiger partial charge is 0.246 e. The quantitative estimate of drug-likeness (QED) is 0.758. The van der Waals surface area contributed by atoms with Gasteiger partial charge < -0.3 is 5.32 Å². The lowest BCUT2D eigenvalue weighted by molar-refractivity contribution is 0.287. The zero-order valence-electron chi connectivity index (χ0n) is 16.4. The summed E-state index contributed by atoms with van der Waals surface area (Å²) in [5.74, 6) is 1.29. The number of aromatic nitrogens is 2. The lowest BCUT2D eigenvalue weighted by atomic mass is 10.1. The van der Waals surface area contributed by atoms with Crippen molar-refractivity contribution in [3.8, 4) is 0 Å². The molecule has 2 fully saturated rings. The van der Waals surface area contributed by atoms with Gasteiger partial charge in [0.2, 0.25) is 10.0 Å². The van der Waals surface area contributed by atoms with E-state index in [1.54, 1.807) is 11.2 Å². The van der Waals surface area contributed by atoms with Crippen LogP contribution in [0, 0.1) is 25.7 Å². The Balaban J connectivity index is 0.00000243. The normalized spacial score (nSPS) is 19.7. The van der Waals surface area contributed by atoms with Crippen molar-refractivity contribution in [2.24, 2.45) is 11.8 Å². The molecule has 0 bridgehead atoms. The maximum Gasteiger partial charge on any atom is 0.246 e. The van der Waals surface area contributed by atoms with Crippen LogP contribution in [0.3, 0.4) is 0 Å². The van der Waals surface area contributed by atoms with Crippen molar-refractivity contribution in [2.75, 3.05) is 19.6 Å². The highest BCUT2D eigenvalue weighted by Crippen LogP contribution is 2.29. The molecule has 1 aliphatic heterocycles. The Hall–Kier alpha value is -0.630. The number of rotatable bonds is 7. The first kappa shape index (κ1) is 21.7. The van der Waals surface area contributed by atoms with Gasteiger partial charge in [0.05, 0.1) is 11.4 Å². The lowest BCUT2D eigenvalue weighted by Crippen LogP contribution is -2.45. The molecule has 150 valence electrons. The predicted octanol–water partition coefficient (Wildman–Crippen LogP) is 2.73. The van der Waals surface area contributed by atoms with Gasteiger partial charge in [-0.3, -0.25) is 4.68 Å². The van der Waals surface area contributed by atoms with Gasteiger partial charge in [-0.15, -0.1) is 12.4 Å². The fraction of sp³-hybridized carbons (Fsp3) is 0.833. The molecule has 1 aromatic rings. The summed E-state index contributed by atoms with van der Waals surface area (Å²) in [5.41, 5.74) is 1.38. The molecular formula is C18H33ClN4O2S. The molecule has 1 aromatic heterocycles. The van der Waals surface area contributed by atoms with Crippen molar-refractivity contribution in [3.63, 3.8) is 0 Å². The third-order valence-corrected chi connectivity index (χ3v) is 7.45. The Labute approximate surface area is 164 Å². The zero-order chi connectivity index (χ0) is 18.2. The Kier molecular flexibility index (Phi) is 7.16. The summed E-state index contributed by atoms with van der Waals surface area (Å²) in [4.78, 5) is 0.414. The van der Waals surface area contributed by atoms with Crippen LogP contribution >= 0.6 is 12.4 Å². The van der Waals surface area contributed by atoms with Crippen LogP contribution in [0.15, 0.2) is 4.90 Å². The summed E-state index contributed by atoms with van der Waals surface area (Å²) >= 11 is 0. The zero-order valence-corrected chi connectivity index (χ0v) is 18.0. The van der Waals surface area contributed by atoms with Gasteiger partial charge >= 0.3 is 0 Å². The van der Waals surface area contributed by atoms with Gasteiger partial charge in [0.1, 0.15) is 4.90 Å². The van der Waals surface area contributed by atoms with Crippen molar-refractivity contribution < 1.29 is 8.42 Å². The lowest BCUT2D eigenvalue weighted by Gasteiger charge is -2.31. The summed E-state index contributed by atoms with van der Waals surface area (Å²) < 4.78 is 29.8. The van der Waals surface area contributed by atoms with Crippen LogP contribution in [-0.4, -0.2) is 48.2 Å².